The van der Waals surface area contributed by atoms with Crippen LogP contribution in [-0.4, -0.2) is 61.5 Å². The van der Waals surface area contributed by atoms with E-state index in [0.29, 0.717) is 19.4 Å². The number of H-pyrrole nitrogens is 1. The first-order valence-corrected chi connectivity index (χ1v) is 17.3. The Morgan fingerprint density at radius 1 is 0.933 bits per heavy atom. The van der Waals surface area contributed by atoms with Gasteiger partial charge in [0.1, 0.15) is 6.04 Å². The van der Waals surface area contributed by atoms with E-state index in [2.05, 4.69) is 28.6 Å². The summed E-state index contributed by atoms with van der Waals surface area (Å²) < 4.78 is 11.0. The van der Waals surface area contributed by atoms with Gasteiger partial charge in [-0.25, -0.2) is 0 Å². The van der Waals surface area contributed by atoms with Crippen LogP contribution in [0.25, 0.3) is 0 Å². The number of aromatic amines is 1. The predicted octanol–water partition coefficient (Wildman–Crippen LogP) is 6.46. The lowest BCUT2D eigenvalue weighted by molar-refractivity contribution is -0.149. The second-order valence-electron chi connectivity index (χ2n) is 12.6. The van der Waals surface area contributed by atoms with Crippen LogP contribution in [0.2, 0.25) is 0 Å². The fourth-order valence-electron chi connectivity index (χ4n) is 5.20. The van der Waals surface area contributed by atoms with Crippen molar-refractivity contribution in [3.63, 3.8) is 0 Å². The molecule has 0 amide bonds. The number of aliphatic imine (C=N–C) groups is 1. The lowest BCUT2D eigenvalue weighted by Crippen LogP contribution is -2.37. The molecule has 1 heterocycles. The lowest BCUT2D eigenvalue weighted by atomic mass is 10.0. The fourth-order valence-corrected chi connectivity index (χ4v) is 5.20. The molecular formula is C34H62N6O5. The number of aromatic nitrogens is 2. The summed E-state index contributed by atoms with van der Waals surface area (Å²) in [5.74, 6) is -0.759. The molecule has 0 aliphatic heterocycles. The van der Waals surface area contributed by atoms with Crippen molar-refractivity contribution in [1.29, 1.82) is 0 Å². The second kappa shape index (κ2) is 24.3. The summed E-state index contributed by atoms with van der Waals surface area (Å²) in [5, 5.41) is 0. The summed E-state index contributed by atoms with van der Waals surface area (Å²) in [6.45, 7) is 10.0. The number of esters is 2. The molecule has 45 heavy (non-hydrogen) atoms. The van der Waals surface area contributed by atoms with E-state index in [9.17, 15) is 14.4 Å². The molecule has 5 N–H and O–H groups in total. The number of rotatable bonds is 27. The Kier molecular flexibility index (Phi) is 21.6. The van der Waals surface area contributed by atoms with Crippen molar-refractivity contribution in [2.75, 3.05) is 37.4 Å². The van der Waals surface area contributed by atoms with Crippen LogP contribution in [0.3, 0.4) is 0 Å². The van der Waals surface area contributed by atoms with Crippen LogP contribution in [0.5, 0.6) is 0 Å². The van der Waals surface area contributed by atoms with E-state index in [1.807, 2.05) is 13.8 Å². The highest BCUT2D eigenvalue weighted by molar-refractivity contribution is 5.75. The lowest BCUT2D eigenvalue weighted by Gasteiger charge is -2.26. The van der Waals surface area contributed by atoms with E-state index in [1.165, 1.54) is 77.0 Å². The number of nitrogens with zero attached hydrogens (tertiary/aromatic N) is 3. The molecule has 11 heteroatoms. The number of carbonyl (C=O) groups excluding carboxylic acids is 2. The summed E-state index contributed by atoms with van der Waals surface area (Å²) in [6.07, 6.45) is 19.8. The number of carbonyl (C=O) groups is 2. The molecule has 1 rings (SSSR count). The number of ether oxygens (including phenoxy) is 2. The van der Waals surface area contributed by atoms with E-state index >= 15 is 0 Å². The maximum Gasteiger partial charge on any atom is 0.323 e. The first-order valence-electron chi connectivity index (χ1n) is 17.3. The average Bonchev–Trinajstić information content (AvgIpc) is 3.00. The van der Waals surface area contributed by atoms with Crippen molar-refractivity contribution in [2.45, 2.75) is 136 Å². The molecule has 1 aromatic rings. The Morgan fingerprint density at radius 3 is 1.98 bits per heavy atom. The zero-order valence-corrected chi connectivity index (χ0v) is 28.6. The highest BCUT2D eigenvalue weighted by atomic mass is 16.5. The SMILES string of the molecule is C=Nc1c(N(C)CC(CCOC(=O)C(N)C(C)C)COC(=O)CCCCCCCCCCCCCCCCC)nc(N)[nH]c1=O. The largest absolute Gasteiger partial charge is 0.465 e. The van der Waals surface area contributed by atoms with Crippen LogP contribution >= 0.6 is 0 Å². The molecule has 258 valence electrons. The molecule has 0 saturated carbocycles. The summed E-state index contributed by atoms with van der Waals surface area (Å²) in [7, 11) is 1.74. The summed E-state index contributed by atoms with van der Waals surface area (Å²) in [6, 6.07) is -0.705. The van der Waals surface area contributed by atoms with Crippen molar-refractivity contribution in [3.05, 3.63) is 10.4 Å². The van der Waals surface area contributed by atoms with Crippen LogP contribution in [0.1, 0.15) is 130 Å². The number of unbranched alkanes of at least 4 members (excludes halogenated alkanes) is 14. The van der Waals surface area contributed by atoms with E-state index in [-0.39, 0.29) is 48.5 Å². The highest BCUT2D eigenvalue weighted by Crippen LogP contribution is 2.23. The van der Waals surface area contributed by atoms with Crippen LogP contribution < -0.4 is 21.9 Å². The maximum absolute atomic E-state index is 12.5. The molecule has 0 radical (unpaired) electrons. The first kappa shape index (κ1) is 40.1. The molecule has 0 fully saturated rings. The normalized spacial score (nSPS) is 12.6. The van der Waals surface area contributed by atoms with E-state index < -0.39 is 17.6 Å². The van der Waals surface area contributed by atoms with E-state index in [4.69, 9.17) is 20.9 Å². The molecule has 0 aromatic carbocycles. The van der Waals surface area contributed by atoms with Gasteiger partial charge in [-0.15, -0.1) is 0 Å². The molecular weight excluding hydrogens is 572 g/mol. The molecule has 0 bridgehead atoms. The monoisotopic (exact) mass is 634 g/mol. The van der Waals surface area contributed by atoms with Crippen LogP contribution in [0.15, 0.2) is 9.79 Å². The maximum atomic E-state index is 12.5. The number of nitrogens with one attached hydrogen (secondary N) is 1. The molecule has 0 aliphatic rings. The van der Waals surface area contributed by atoms with Crippen molar-refractivity contribution < 1.29 is 19.1 Å². The highest BCUT2D eigenvalue weighted by Gasteiger charge is 2.22. The number of nitrogens with two attached hydrogens (primary N) is 2. The first-order chi connectivity index (χ1) is 21.6. The third-order valence-corrected chi connectivity index (χ3v) is 8.17. The quantitative estimate of drug-likeness (QED) is 0.0559. The molecule has 0 spiro atoms. The predicted molar refractivity (Wildman–Crippen MR) is 184 cm³/mol. The van der Waals surface area contributed by atoms with Gasteiger partial charge >= 0.3 is 11.9 Å². The number of hydrogen-bond acceptors (Lipinski definition) is 10. The summed E-state index contributed by atoms with van der Waals surface area (Å²) >= 11 is 0. The van der Waals surface area contributed by atoms with Gasteiger partial charge in [-0.3, -0.25) is 24.4 Å². The topological polar surface area (TPSA) is 166 Å². The number of anilines is 2. The molecule has 2 unspecified atom stereocenters. The van der Waals surface area contributed by atoms with Gasteiger partial charge in [0.15, 0.2) is 11.5 Å². The fraction of sp³-hybridized carbons (Fsp3) is 0.794. The van der Waals surface area contributed by atoms with E-state index in [1.54, 1.807) is 11.9 Å². The van der Waals surface area contributed by atoms with Gasteiger partial charge in [0, 0.05) is 25.9 Å². The Labute approximate surface area is 271 Å². The Bertz CT molecular complexity index is 1030. The summed E-state index contributed by atoms with van der Waals surface area (Å²) in [5.41, 5.74) is 11.2. The van der Waals surface area contributed by atoms with Gasteiger partial charge in [-0.1, -0.05) is 111 Å². The van der Waals surface area contributed by atoms with E-state index in [0.717, 1.165) is 19.3 Å². The van der Waals surface area contributed by atoms with Gasteiger partial charge < -0.3 is 25.8 Å². The zero-order chi connectivity index (χ0) is 33.5. The van der Waals surface area contributed by atoms with Gasteiger partial charge in [0.25, 0.3) is 5.56 Å². The minimum absolute atomic E-state index is 0.0439. The van der Waals surface area contributed by atoms with Crippen molar-refractivity contribution in [1.82, 2.24) is 9.97 Å². The van der Waals surface area contributed by atoms with Crippen molar-refractivity contribution in [3.8, 4) is 0 Å². The Hall–Kier alpha value is -2.95. The van der Waals surface area contributed by atoms with Gasteiger partial charge in [-0.2, -0.15) is 4.98 Å². The smallest absolute Gasteiger partial charge is 0.323 e. The molecule has 1 aromatic heterocycles. The second-order valence-corrected chi connectivity index (χ2v) is 12.6. The third-order valence-electron chi connectivity index (χ3n) is 8.17. The van der Waals surface area contributed by atoms with Crippen LogP contribution in [-0.2, 0) is 19.1 Å². The summed E-state index contributed by atoms with van der Waals surface area (Å²) in [4.78, 5) is 49.2. The standard InChI is InChI=1S/C34H62N6O5/c1-6-7-8-9-10-11-12-13-14-15-16-17-18-19-20-21-28(41)45-25-27(22-23-44-33(43)29(35)26(2)3)24-40(5)31-30(37-4)32(42)39-34(36)38-31/h26-27,29H,4,6-25,35H2,1-3,5H3,(H3,36,38,39,42). The molecule has 0 aliphatic carbocycles. The molecule has 2 atom stereocenters. The van der Waals surface area contributed by atoms with Crippen LogP contribution in [0, 0.1) is 11.8 Å². The van der Waals surface area contributed by atoms with Crippen LogP contribution in [0.4, 0.5) is 17.5 Å². The van der Waals surface area contributed by atoms with Gasteiger partial charge in [0.05, 0.1) is 13.2 Å². The van der Waals surface area contributed by atoms with Gasteiger partial charge in [-0.05, 0) is 25.5 Å². The number of nitrogen functional groups attached to an aromatic ring is 1. The minimum Gasteiger partial charge on any atom is -0.465 e. The minimum atomic E-state index is -0.705. The van der Waals surface area contributed by atoms with Crippen molar-refractivity contribution in [2.24, 2.45) is 22.6 Å². The third kappa shape index (κ3) is 18.0. The van der Waals surface area contributed by atoms with Gasteiger partial charge in [0.2, 0.25) is 5.95 Å². The average molecular weight is 635 g/mol. The Morgan fingerprint density at radius 2 is 1.47 bits per heavy atom. The molecule has 0 saturated heterocycles. The number of hydrogen-bond donors (Lipinski definition) is 3. The Balaban J connectivity index is 2.43. The zero-order valence-electron chi connectivity index (χ0n) is 28.6. The molecule has 11 nitrogen and oxygen atoms in total. The van der Waals surface area contributed by atoms with Crippen molar-refractivity contribution >= 4 is 36.1 Å².